The maximum Gasteiger partial charge on any atom is 0.271 e. The summed E-state index contributed by atoms with van der Waals surface area (Å²) in [7, 11) is 0. The van der Waals surface area contributed by atoms with Gasteiger partial charge in [-0.2, -0.15) is 4.98 Å². The molecule has 3 heterocycles. The van der Waals surface area contributed by atoms with Gasteiger partial charge in [-0.1, -0.05) is 35.8 Å². The molecular formula is C23H19ClN4O4. The van der Waals surface area contributed by atoms with Crippen LogP contribution in [0.3, 0.4) is 0 Å². The fraction of sp³-hybridized carbons (Fsp3) is 0.217. The zero-order valence-electron chi connectivity index (χ0n) is 17.2. The number of halogens is 1. The highest BCUT2D eigenvalue weighted by molar-refractivity contribution is 6.30. The lowest BCUT2D eigenvalue weighted by atomic mass is 10.1. The average Bonchev–Trinajstić information content (AvgIpc) is 3.24. The lowest BCUT2D eigenvalue weighted by molar-refractivity contribution is -0.125. The van der Waals surface area contributed by atoms with Crippen molar-refractivity contribution in [3.63, 3.8) is 0 Å². The fourth-order valence-corrected chi connectivity index (χ4v) is 3.95. The Morgan fingerprint density at radius 3 is 2.44 bits per heavy atom. The lowest BCUT2D eigenvalue weighted by Crippen LogP contribution is -2.41. The van der Waals surface area contributed by atoms with Gasteiger partial charge in [0.05, 0.1) is 12.3 Å². The number of amides is 1. The van der Waals surface area contributed by atoms with E-state index in [2.05, 4.69) is 10.1 Å². The van der Waals surface area contributed by atoms with Gasteiger partial charge in [-0.25, -0.2) is 0 Å². The van der Waals surface area contributed by atoms with Crippen molar-refractivity contribution in [3.05, 3.63) is 69.7 Å². The van der Waals surface area contributed by atoms with Crippen LogP contribution in [0.15, 0.2) is 57.8 Å². The number of benzene rings is 2. The van der Waals surface area contributed by atoms with Crippen molar-refractivity contribution in [1.29, 1.82) is 0 Å². The highest BCUT2D eigenvalue weighted by Crippen LogP contribution is 2.27. The molecule has 32 heavy (non-hydrogen) atoms. The Balaban J connectivity index is 1.62. The molecule has 1 saturated heterocycles. The van der Waals surface area contributed by atoms with Crippen LogP contribution in [-0.2, 0) is 16.0 Å². The molecule has 1 aliphatic rings. The number of aromatic nitrogens is 3. The molecule has 0 saturated carbocycles. The zero-order chi connectivity index (χ0) is 22.2. The van der Waals surface area contributed by atoms with Gasteiger partial charge < -0.3 is 14.2 Å². The predicted molar refractivity (Wildman–Crippen MR) is 120 cm³/mol. The van der Waals surface area contributed by atoms with Crippen LogP contribution in [0.5, 0.6) is 0 Å². The van der Waals surface area contributed by atoms with Crippen LogP contribution < -0.4 is 10.5 Å². The van der Waals surface area contributed by atoms with Crippen LogP contribution in [0.4, 0.5) is 5.69 Å². The summed E-state index contributed by atoms with van der Waals surface area (Å²) in [6.07, 6.45) is 0.520. The van der Waals surface area contributed by atoms with E-state index in [0.29, 0.717) is 52.8 Å². The third-order valence-corrected chi connectivity index (χ3v) is 5.67. The number of rotatable bonds is 4. The molecule has 0 radical (unpaired) electrons. The first-order chi connectivity index (χ1) is 15.6. The number of hydrogen-bond acceptors (Lipinski definition) is 6. The molecule has 0 spiro atoms. The first-order valence-corrected chi connectivity index (χ1v) is 10.6. The van der Waals surface area contributed by atoms with E-state index < -0.39 is 0 Å². The van der Waals surface area contributed by atoms with Crippen molar-refractivity contribution >= 4 is 34.3 Å². The van der Waals surface area contributed by atoms with E-state index in [9.17, 15) is 9.59 Å². The number of anilines is 1. The first-order valence-electron chi connectivity index (χ1n) is 10.2. The highest BCUT2D eigenvalue weighted by Gasteiger charge is 2.22. The summed E-state index contributed by atoms with van der Waals surface area (Å²) in [5.41, 5.74) is 2.46. The van der Waals surface area contributed by atoms with E-state index in [1.165, 1.54) is 0 Å². The first kappa shape index (κ1) is 20.4. The molecule has 162 valence electrons. The van der Waals surface area contributed by atoms with Crippen molar-refractivity contribution in [2.75, 3.05) is 24.7 Å². The SMILES string of the molecule is CCc1nc2onc(-c3ccc(Cl)cc3)c2c(=O)n1-c1ccc(N2CCOCC2=O)cc1. The van der Waals surface area contributed by atoms with Crippen LogP contribution in [0.25, 0.3) is 28.0 Å². The van der Waals surface area contributed by atoms with E-state index >= 15 is 0 Å². The molecule has 1 amide bonds. The van der Waals surface area contributed by atoms with Gasteiger partial charge in [0.1, 0.15) is 23.5 Å². The van der Waals surface area contributed by atoms with Crippen LogP contribution in [0.2, 0.25) is 5.02 Å². The Morgan fingerprint density at radius 1 is 1.03 bits per heavy atom. The van der Waals surface area contributed by atoms with Gasteiger partial charge in [-0.05, 0) is 36.4 Å². The maximum absolute atomic E-state index is 13.6. The minimum absolute atomic E-state index is 0.0722. The van der Waals surface area contributed by atoms with Crippen LogP contribution in [-0.4, -0.2) is 40.4 Å². The summed E-state index contributed by atoms with van der Waals surface area (Å²) >= 11 is 5.99. The second-order valence-corrected chi connectivity index (χ2v) is 7.79. The quantitative estimate of drug-likeness (QED) is 0.471. The van der Waals surface area contributed by atoms with Crippen molar-refractivity contribution < 1.29 is 14.1 Å². The third-order valence-electron chi connectivity index (χ3n) is 5.42. The maximum atomic E-state index is 13.6. The molecule has 0 N–H and O–H groups in total. The molecule has 9 heteroatoms. The second-order valence-electron chi connectivity index (χ2n) is 7.35. The van der Waals surface area contributed by atoms with Crippen LogP contribution in [0, 0.1) is 0 Å². The second kappa shape index (κ2) is 8.22. The van der Waals surface area contributed by atoms with E-state index in [0.717, 1.165) is 5.69 Å². The molecule has 2 aromatic heterocycles. The molecular weight excluding hydrogens is 432 g/mol. The van der Waals surface area contributed by atoms with Gasteiger partial charge in [0.2, 0.25) is 0 Å². The van der Waals surface area contributed by atoms with Gasteiger partial charge in [-0.15, -0.1) is 0 Å². The number of fused-ring (bicyclic) bond motifs is 1. The molecule has 1 aliphatic heterocycles. The average molecular weight is 451 g/mol. The molecule has 0 aliphatic carbocycles. The van der Waals surface area contributed by atoms with E-state index in [1.54, 1.807) is 33.7 Å². The number of carbonyl (C=O) groups excluding carboxylic acids is 1. The summed E-state index contributed by atoms with van der Waals surface area (Å²) in [5, 5.41) is 4.99. The number of morpholine rings is 1. The Bertz CT molecular complexity index is 1360. The number of hydrogen-bond donors (Lipinski definition) is 0. The predicted octanol–water partition coefficient (Wildman–Crippen LogP) is 3.62. The largest absolute Gasteiger partial charge is 0.370 e. The summed E-state index contributed by atoms with van der Waals surface area (Å²) in [6.45, 7) is 2.98. The summed E-state index contributed by atoms with van der Waals surface area (Å²) in [4.78, 5) is 31.9. The molecule has 0 bridgehead atoms. The highest BCUT2D eigenvalue weighted by atomic mass is 35.5. The minimum Gasteiger partial charge on any atom is -0.370 e. The Labute approximate surface area is 188 Å². The van der Waals surface area contributed by atoms with Gasteiger partial charge >= 0.3 is 0 Å². The van der Waals surface area contributed by atoms with Crippen LogP contribution >= 0.6 is 11.6 Å². The topological polar surface area (TPSA) is 90.5 Å². The van der Waals surface area contributed by atoms with E-state index in [4.69, 9.17) is 20.9 Å². The molecule has 2 aromatic carbocycles. The van der Waals surface area contributed by atoms with E-state index in [1.807, 2.05) is 31.2 Å². The minimum atomic E-state index is -0.270. The van der Waals surface area contributed by atoms with Crippen molar-refractivity contribution in [2.45, 2.75) is 13.3 Å². The van der Waals surface area contributed by atoms with Crippen molar-refractivity contribution in [2.24, 2.45) is 0 Å². The molecule has 0 atom stereocenters. The molecule has 1 fully saturated rings. The molecule has 0 unspecified atom stereocenters. The lowest BCUT2D eigenvalue weighted by Gasteiger charge is -2.27. The summed E-state index contributed by atoms with van der Waals surface area (Å²) < 4.78 is 12.1. The number of nitrogens with zero attached hydrogens (tertiary/aromatic N) is 4. The molecule has 4 aromatic rings. The van der Waals surface area contributed by atoms with E-state index in [-0.39, 0.29) is 23.8 Å². The van der Waals surface area contributed by atoms with Gasteiger partial charge in [0.15, 0.2) is 0 Å². The van der Waals surface area contributed by atoms with Gasteiger partial charge in [0.25, 0.3) is 17.2 Å². The van der Waals surface area contributed by atoms with Gasteiger partial charge in [0, 0.05) is 29.2 Å². The van der Waals surface area contributed by atoms with Gasteiger partial charge in [-0.3, -0.25) is 14.2 Å². The Kier molecular flexibility index (Phi) is 5.24. The Hall–Kier alpha value is -3.49. The monoisotopic (exact) mass is 450 g/mol. The van der Waals surface area contributed by atoms with Crippen LogP contribution in [0.1, 0.15) is 12.7 Å². The number of aryl methyl sites for hydroxylation is 1. The smallest absolute Gasteiger partial charge is 0.271 e. The molecule has 8 nitrogen and oxygen atoms in total. The number of carbonyl (C=O) groups is 1. The fourth-order valence-electron chi connectivity index (χ4n) is 3.83. The molecule has 5 rings (SSSR count). The number of ether oxygens (including phenoxy) is 1. The summed E-state index contributed by atoms with van der Waals surface area (Å²) in [5.74, 6) is 0.465. The third kappa shape index (κ3) is 3.47. The zero-order valence-corrected chi connectivity index (χ0v) is 18.0. The summed E-state index contributed by atoms with van der Waals surface area (Å²) in [6, 6.07) is 14.3. The standard InChI is InChI=1S/C23H19ClN4O4/c1-2-18-25-22-20(21(26-32-22)14-3-5-15(24)6-4-14)23(30)28(18)17-9-7-16(8-10-17)27-11-12-31-13-19(27)29/h3-10H,2,11-13H2,1H3. The van der Waals surface area contributed by atoms with Crippen molar-refractivity contribution in [3.8, 4) is 16.9 Å². The Morgan fingerprint density at radius 2 is 1.75 bits per heavy atom. The van der Waals surface area contributed by atoms with Crippen molar-refractivity contribution in [1.82, 2.24) is 14.7 Å². The normalized spacial score (nSPS) is 14.3.